The second-order valence-electron chi connectivity index (χ2n) is 3.87. The van der Waals surface area contributed by atoms with Gasteiger partial charge in [0.1, 0.15) is 0 Å². The topological polar surface area (TPSA) is 100 Å². The van der Waals surface area contributed by atoms with E-state index in [1.165, 1.54) is 0 Å². The van der Waals surface area contributed by atoms with E-state index in [-0.39, 0.29) is 13.1 Å². The maximum Gasteiger partial charge on any atom is 0.319 e. The minimum Gasteiger partial charge on any atom is -0.337 e. The molecule has 0 unspecified atom stereocenters. The first-order valence-corrected chi connectivity index (χ1v) is 8.87. The number of nitrogens with zero attached hydrogens (tertiary/aromatic N) is 1. The Morgan fingerprint density at radius 2 is 2.10 bits per heavy atom. The van der Waals surface area contributed by atoms with Crippen molar-refractivity contribution in [3.8, 4) is 0 Å². The number of urea groups is 1. The maximum absolute atomic E-state index is 11.5. The lowest BCUT2D eigenvalue weighted by molar-refractivity contribution is 0.252. The van der Waals surface area contributed by atoms with Gasteiger partial charge in [-0.3, -0.25) is 0 Å². The van der Waals surface area contributed by atoms with E-state index in [1.54, 1.807) is 24.0 Å². The predicted octanol–water partition coefficient (Wildman–Crippen LogP) is 0.864. The fourth-order valence-electron chi connectivity index (χ4n) is 1.28. The van der Waals surface area contributed by atoms with Crippen LogP contribution >= 0.6 is 11.8 Å². The summed E-state index contributed by atoms with van der Waals surface area (Å²) < 4.78 is 23.9. The van der Waals surface area contributed by atoms with Crippen LogP contribution in [0.4, 0.5) is 10.5 Å². The standard InChI is InChI=1S/C11H18N4O3S2/c1-3-19-10-5-4-9(8-13-10)15-11(16)12-6-7-14-20(2,17)18/h4-5,8,14H,3,6-7H2,1-2H3,(H2,12,15,16). The van der Waals surface area contributed by atoms with Gasteiger partial charge in [0.15, 0.2) is 0 Å². The van der Waals surface area contributed by atoms with Crippen LogP contribution < -0.4 is 15.4 Å². The summed E-state index contributed by atoms with van der Waals surface area (Å²) in [5.74, 6) is 0.938. The minimum atomic E-state index is -3.23. The van der Waals surface area contributed by atoms with Crippen molar-refractivity contribution in [2.45, 2.75) is 11.9 Å². The van der Waals surface area contributed by atoms with Gasteiger partial charge in [0.25, 0.3) is 0 Å². The molecule has 0 saturated carbocycles. The molecule has 0 aliphatic carbocycles. The molecule has 20 heavy (non-hydrogen) atoms. The van der Waals surface area contributed by atoms with Crippen molar-refractivity contribution in [3.05, 3.63) is 18.3 Å². The molecule has 1 aromatic rings. The number of thioether (sulfide) groups is 1. The van der Waals surface area contributed by atoms with Gasteiger partial charge in [-0.25, -0.2) is 22.9 Å². The molecule has 0 atom stereocenters. The van der Waals surface area contributed by atoms with Gasteiger partial charge in [-0.2, -0.15) is 0 Å². The van der Waals surface area contributed by atoms with Crippen molar-refractivity contribution in [2.75, 3.05) is 30.4 Å². The summed E-state index contributed by atoms with van der Waals surface area (Å²) in [5, 5.41) is 6.04. The molecule has 9 heteroatoms. The number of hydrogen-bond acceptors (Lipinski definition) is 5. The van der Waals surface area contributed by atoms with E-state index in [4.69, 9.17) is 0 Å². The van der Waals surface area contributed by atoms with E-state index in [0.717, 1.165) is 17.0 Å². The van der Waals surface area contributed by atoms with Crippen LogP contribution in [0.5, 0.6) is 0 Å². The fraction of sp³-hybridized carbons (Fsp3) is 0.455. The van der Waals surface area contributed by atoms with Gasteiger partial charge in [0.05, 0.1) is 23.2 Å². The zero-order valence-corrected chi connectivity index (χ0v) is 13.0. The Hall–Kier alpha value is -1.32. The molecule has 0 radical (unpaired) electrons. The second kappa shape index (κ2) is 8.08. The molecule has 0 aliphatic rings. The number of nitrogens with one attached hydrogen (secondary N) is 3. The van der Waals surface area contributed by atoms with Crippen molar-refractivity contribution in [3.63, 3.8) is 0 Å². The molecule has 2 amide bonds. The van der Waals surface area contributed by atoms with Crippen molar-refractivity contribution < 1.29 is 13.2 Å². The summed E-state index contributed by atoms with van der Waals surface area (Å²) in [6, 6.07) is 3.19. The molecule has 0 aromatic carbocycles. The summed E-state index contributed by atoms with van der Waals surface area (Å²) in [7, 11) is -3.23. The molecule has 0 spiro atoms. The van der Waals surface area contributed by atoms with Gasteiger partial charge in [-0.15, -0.1) is 11.8 Å². The lowest BCUT2D eigenvalue weighted by Crippen LogP contribution is -2.36. The van der Waals surface area contributed by atoms with Crippen LogP contribution in [0.3, 0.4) is 0 Å². The Bertz CT molecular complexity index is 531. The molecule has 1 rings (SSSR count). The van der Waals surface area contributed by atoms with Crippen LogP contribution in [0.2, 0.25) is 0 Å². The smallest absolute Gasteiger partial charge is 0.319 e. The highest BCUT2D eigenvalue weighted by atomic mass is 32.2. The fourth-order valence-corrected chi connectivity index (χ4v) is 2.34. The summed E-state index contributed by atoms with van der Waals surface area (Å²) in [4.78, 5) is 15.7. The number of rotatable bonds is 7. The second-order valence-corrected chi connectivity index (χ2v) is 6.98. The van der Waals surface area contributed by atoms with E-state index in [1.807, 2.05) is 13.0 Å². The van der Waals surface area contributed by atoms with Gasteiger partial charge in [0, 0.05) is 13.1 Å². The Kier molecular flexibility index (Phi) is 6.76. The molecule has 112 valence electrons. The van der Waals surface area contributed by atoms with E-state index >= 15 is 0 Å². The van der Waals surface area contributed by atoms with Crippen molar-refractivity contribution in [2.24, 2.45) is 0 Å². The zero-order chi connectivity index (χ0) is 15.0. The molecule has 1 heterocycles. The molecule has 3 N–H and O–H groups in total. The molecule has 0 aliphatic heterocycles. The number of anilines is 1. The first-order valence-electron chi connectivity index (χ1n) is 5.99. The van der Waals surface area contributed by atoms with Gasteiger partial charge in [0.2, 0.25) is 10.0 Å². The zero-order valence-electron chi connectivity index (χ0n) is 11.3. The number of amides is 2. The Morgan fingerprint density at radius 3 is 2.65 bits per heavy atom. The molecule has 1 aromatic heterocycles. The maximum atomic E-state index is 11.5. The first-order chi connectivity index (χ1) is 9.40. The highest BCUT2D eigenvalue weighted by Crippen LogP contribution is 2.16. The van der Waals surface area contributed by atoms with Crippen LogP contribution in [0, 0.1) is 0 Å². The van der Waals surface area contributed by atoms with E-state index in [0.29, 0.717) is 5.69 Å². The monoisotopic (exact) mass is 318 g/mol. The van der Waals surface area contributed by atoms with Gasteiger partial charge in [-0.1, -0.05) is 6.92 Å². The van der Waals surface area contributed by atoms with Crippen LogP contribution in [0.1, 0.15) is 6.92 Å². The highest BCUT2D eigenvalue weighted by Gasteiger charge is 2.03. The average molecular weight is 318 g/mol. The molecule has 0 saturated heterocycles. The molecular formula is C11H18N4O3S2. The summed E-state index contributed by atoms with van der Waals surface area (Å²) in [6.07, 6.45) is 2.64. The SMILES string of the molecule is CCSc1ccc(NC(=O)NCCNS(C)(=O)=O)cn1. The van der Waals surface area contributed by atoms with Crippen LogP contribution in [-0.2, 0) is 10.0 Å². The molecule has 0 fully saturated rings. The first kappa shape index (κ1) is 16.7. The number of aromatic nitrogens is 1. The normalized spacial score (nSPS) is 11.1. The molecule has 7 nitrogen and oxygen atoms in total. The van der Waals surface area contributed by atoms with Crippen molar-refractivity contribution in [1.82, 2.24) is 15.0 Å². The Labute approximate surface area is 123 Å². The summed E-state index contributed by atoms with van der Waals surface area (Å²) >= 11 is 1.62. The van der Waals surface area contributed by atoms with E-state index in [9.17, 15) is 13.2 Å². The third-order valence-corrected chi connectivity index (χ3v) is 3.62. The number of pyridine rings is 1. The van der Waals surface area contributed by atoms with E-state index in [2.05, 4.69) is 20.3 Å². The number of carbonyl (C=O) groups excluding carboxylic acids is 1. The van der Waals surface area contributed by atoms with Crippen molar-refractivity contribution >= 4 is 33.5 Å². The third-order valence-electron chi connectivity index (χ3n) is 2.06. The lowest BCUT2D eigenvalue weighted by Gasteiger charge is -2.08. The number of carbonyl (C=O) groups is 1. The van der Waals surface area contributed by atoms with Crippen LogP contribution in [0.15, 0.2) is 23.4 Å². The Balaban J connectivity index is 2.31. The Morgan fingerprint density at radius 1 is 1.35 bits per heavy atom. The lowest BCUT2D eigenvalue weighted by atomic mass is 10.4. The third kappa shape index (κ3) is 7.31. The number of hydrogen-bond donors (Lipinski definition) is 3. The summed E-state index contributed by atoms with van der Waals surface area (Å²) in [6.45, 7) is 2.39. The van der Waals surface area contributed by atoms with Gasteiger partial charge < -0.3 is 10.6 Å². The van der Waals surface area contributed by atoms with Crippen LogP contribution in [0.25, 0.3) is 0 Å². The summed E-state index contributed by atoms with van der Waals surface area (Å²) in [5.41, 5.74) is 0.582. The quantitative estimate of drug-likeness (QED) is 0.511. The van der Waals surface area contributed by atoms with Gasteiger partial charge in [-0.05, 0) is 17.9 Å². The predicted molar refractivity (Wildman–Crippen MR) is 80.5 cm³/mol. The van der Waals surface area contributed by atoms with Crippen LogP contribution in [-0.4, -0.2) is 44.5 Å². The largest absolute Gasteiger partial charge is 0.337 e. The highest BCUT2D eigenvalue weighted by molar-refractivity contribution is 7.99. The molecular weight excluding hydrogens is 300 g/mol. The average Bonchev–Trinajstić information content (AvgIpc) is 2.36. The van der Waals surface area contributed by atoms with Crippen molar-refractivity contribution in [1.29, 1.82) is 0 Å². The number of sulfonamides is 1. The van der Waals surface area contributed by atoms with Gasteiger partial charge >= 0.3 is 6.03 Å². The molecule has 0 bridgehead atoms. The van der Waals surface area contributed by atoms with E-state index < -0.39 is 16.1 Å². The minimum absolute atomic E-state index is 0.149.